The molecule has 0 saturated carbocycles. The minimum absolute atomic E-state index is 0.143. The number of rotatable bonds is 12. The van der Waals surface area contributed by atoms with E-state index in [9.17, 15) is 9.90 Å². The summed E-state index contributed by atoms with van der Waals surface area (Å²) < 4.78 is 11.3. The summed E-state index contributed by atoms with van der Waals surface area (Å²) in [7, 11) is 1.65. The van der Waals surface area contributed by atoms with Gasteiger partial charge in [0.1, 0.15) is 6.54 Å². The average molecular weight is 261 g/mol. The van der Waals surface area contributed by atoms with E-state index < -0.39 is 5.97 Å². The molecule has 0 saturated heterocycles. The summed E-state index contributed by atoms with van der Waals surface area (Å²) in [6.45, 7) is 9.98. The molecule has 18 heavy (non-hydrogen) atoms. The van der Waals surface area contributed by atoms with Crippen LogP contribution >= 0.6 is 0 Å². The molecule has 0 aliphatic heterocycles. The monoisotopic (exact) mass is 261 g/mol. The third kappa shape index (κ3) is 7.63. The van der Waals surface area contributed by atoms with Gasteiger partial charge in [0.25, 0.3) is 0 Å². The molecule has 0 fully saturated rings. The largest absolute Gasteiger partial charge is 0.550 e. The number of carbonyl (C=O) groups is 1. The molecule has 0 aromatic heterocycles. The quantitative estimate of drug-likeness (QED) is 0.367. The zero-order valence-electron chi connectivity index (χ0n) is 11.9. The molecular formula is C13H27NO4. The van der Waals surface area contributed by atoms with Crippen molar-refractivity contribution in [3.8, 4) is 0 Å². The highest BCUT2D eigenvalue weighted by Crippen LogP contribution is 2.09. The number of carboxylic acids is 1. The smallest absolute Gasteiger partial charge is 0.102 e. The molecule has 0 aliphatic rings. The molecule has 5 heteroatoms. The number of carboxylic acid groups (broad SMARTS) is 1. The van der Waals surface area contributed by atoms with Crippen LogP contribution in [0.1, 0.15) is 26.7 Å². The van der Waals surface area contributed by atoms with Crippen LogP contribution in [0.3, 0.4) is 0 Å². The van der Waals surface area contributed by atoms with Crippen LogP contribution in [0.4, 0.5) is 0 Å². The zero-order chi connectivity index (χ0) is 13.9. The predicted octanol–water partition coefficient (Wildman–Crippen LogP) is 0.0361. The summed E-state index contributed by atoms with van der Waals surface area (Å²) in [5.74, 6) is -0.961. The van der Waals surface area contributed by atoms with Crippen molar-refractivity contribution in [1.82, 2.24) is 0 Å². The molecule has 0 N–H and O–H groups in total. The van der Waals surface area contributed by atoms with Gasteiger partial charge < -0.3 is 23.9 Å². The molecule has 0 amide bonds. The van der Waals surface area contributed by atoms with Crippen LogP contribution < -0.4 is 5.11 Å². The van der Waals surface area contributed by atoms with Crippen LogP contribution in [0, 0.1) is 0 Å². The molecular weight excluding hydrogens is 234 g/mol. The van der Waals surface area contributed by atoms with E-state index in [0.29, 0.717) is 26.2 Å². The maximum absolute atomic E-state index is 10.4. The molecule has 0 aliphatic carbocycles. The molecule has 0 rings (SSSR count). The minimum atomic E-state index is -0.961. The number of hydrogen-bond donors (Lipinski definition) is 0. The molecule has 108 valence electrons. The Kier molecular flexibility index (Phi) is 9.92. The van der Waals surface area contributed by atoms with Crippen molar-refractivity contribution in [1.29, 1.82) is 0 Å². The number of ether oxygens (including phenoxy) is 2. The lowest BCUT2D eigenvalue weighted by Crippen LogP contribution is -2.50. The van der Waals surface area contributed by atoms with Crippen molar-refractivity contribution < 1.29 is 23.9 Å². The van der Waals surface area contributed by atoms with E-state index in [1.165, 1.54) is 0 Å². The molecule has 5 nitrogen and oxygen atoms in total. The number of hydrogen-bond acceptors (Lipinski definition) is 4. The van der Waals surface area contributed by atoms with Crippen LogP contribution in [-0.4, -0.2) is 63.6 Å². The number of methoxy groups -OCH3 is 1. The van der Waals surface area contributed by atoms with Crippen molar-refractivity contribution in [3.05, 3.63) is 0 Å². The third-order valence-electron chi connectivity index (χ3n) is 3.50. The van der Waals surface area contributed by atoms with E-state index in [1.807, 2.05) is 0 Å². The fourth-order valence-corrected chi connectivity index (χ4v) is 2.03. The van der Waals surface area contributed by atoms with E-state index in [2.05, 4.69) is 13.8 Å². The Morgan fingerprint density at radius 1 is 1.11 bits per heavy atom. The fourth-order valence-electron chi connectivity index (χ4n) is 2.03. The van der Waals surface area contributed by atoms with E-state index >= 15 is 0 Å². The second-order valence-corrected chi connectivity index (χ2v) is 4.50. The summed E-state index contributed by atoms with van der Waals surface area (Å²) in [6, 6.07) is 0. The molecule has 0 spiro atoms. The Labute approximate surface area is 110 Å². The van der Waals surface area contributed by atoms with E-state index in [4.69, 9.17) is 9.47 Å². The molecule has 0 aromatic rings. The number of likely N-dealkylation sites (N-methyl/N-ethyl adjacent to an activating group) is 1. The zero-order valence-corrected chi connectivity index (χ0v) is 11.9. The van der Waals surface area contributed by atoms with Gasteiger partial charge in [0.2, 0.25) is 0 Å². The molecule has 0 radical (unpaired) electrons. The highest BCUT2D eigenvalue weighted by atomic mass is 16.5. The summed E-state index contributed by atoms with van der Waals surface area (Å²) in [4.78, 5) is 10.4. The Morgan fingerprint density at radius 3 is 2.28 bits per heavy atom. The first kappa shape index (κ1) is 17.4. The van der Waals surface area contributed by atoms with Crippen molar-refractivity contribution in [2.24, 2.45) is 0 Å². The first-order valence-corrected chi connectivity index (χ1v) is 6.72. The summed E-state index contributed by atoms with van der Waals surface area (Å²) in [5, 5.41) is 10.4. The van der Waals surface area contributed by atoms with Crippen LogP contribution in [0.15, 0.2) is 0 Å². The maximum atomic E-state index is 10.4. The van der Waals surface area contributed by atoms with Gasteiger partial charge in [-0.05, 0) is 20.3 Å². The highest BCUT2D eigenvalue weighted by molar-refractivity contribution is 5.64. The van der Waals surface area contributed by atoms with Gasteiger partial charge in [0.05, 0.1) is 39.5 Å². The molecule has 0 atom stereocenters. The number of nitrogens with zero attached hydrogens (tertiary/aromatic N) is 1. The van der Waals surface area contributed by atoms with Crippen LogP contribution in [0.5, 0.6) is 0 Å². The SMILES string of the molecule is CC[N+](CC)(CCCC(=O)[O-])CCOCCOC. The maximum Gasteiger partial charge on any atom is 0.102 e. The van der Waals surface area contributed by atoms with Crippen LogP contribution in [-0.2, 0) is 14.3 Å². The molecule has 0 heterocycles. The second-order valence-electron chi connectivity index (χ2n) is 4.50. The fraction of sp³-hybridized carbons (Fsp3) is 0.923. The number of carbonyl (C=O) groups excluding carboxylic acids is 1. The van der Waals surface area contributed by atoms with Gasteiger partial charge in [-0.25, -0.2) is 0 Å². The van der Waals surface area contributed by atoms with E-state index in [-0.39, 0.29) is 6.42 Å². The lowest BCUT2D eigenvalue weighted by molar-refractivity contribution is -0.925. The predicted molar refractivity (Wildman–Crippen MR) is 68.0 cm³/mol. The second kappa shape index (κ2) is 10.3. The van der Waals surface area contributed by atoms with Crippen molar-refractivity contribution in [3.63, 3.8) is 0 Å². The number of quaternary nitrogens is 1. The Balaban J connectivity index is 3.96. The Morgan fingerprint density at radius 2 is 1.78 bits per heavy atom. The van der Waals surface area contributed by atoms with Crippen LogP contribution in [0.2, 0.25) is 0 Å². The van der Waals surface area contributed by atoms with Gasteiger partial charge in [-0.2, -0.15) is 0 Å². The Hall–Kier alpha value is -0.650. The van der Waals surface area contributed by atoms with Gasteiger partial charge in [0, 0.05) is 19.5 Å². The van der Waals surface area contributed by atoms with Gasteiger partial charge >= 0.3 is 0 Å². The Bertz CT molecular complexity index is 217. The highest BCUT2D eigenvalue weighted by Gasteiger charge is 2.22. The van der Waals surface area contributed by atoms with Crippen molar-refractivity contribution in [2.45, 2.75) is 26.7 Å². The third-order valence-corrected chi connectivity index (χ3v) is 3.50. The summed E-state index contributed by atoms with van der Waals surface area (Å²) >= 11 is 0. The minimum Gasteiger partial charge on any atom is -0.550 e. The van der Waals surface area contributed by atoms with Crippen LogP contribution in [0.25, 0.3) is 0 Å². The summed E-state index contributed by atoms with van der Waals surface area (Å²) in [6.07, 6.45) is 0.812. The standard InChI is InChI=1S/C13H27NO4/c1-4-14(5-2,8-6-7-13(15)16)9-10-18-12-11-17-3/h4-12H2,1-3H3. The average Bonchev–Trinajstić information content (AvgIpc) is 2.36. The molecule has 0 aromatic carbocycles. The first-order chi connectivity index (χ1) is 8.60. The lowest BCUT2D eigenvalue weighted by atomic mass is 10.2. The van der Waals surface area contributed by atoms with Gasteiger partial charge in [-0.1, -0.05) is 0 Å². The molecule has 0 unspecified atom stereocenters. The normalized spacial score (nSPS) is 11.7. The first-order valence-electron chi connectivity index (χ1n) is 6.72. The topological polar surface area (TPSA) is 58.6 Å². The summed E-state index contributed by atoms with van der Waals surface area (Å²) in [5.41, 5.74) is 0. The van der Waals surface area contributed by atoms with E-state index in [0.717, 1.165) is 30.7 Å². The van der Waals surface area contributed by atoms with Gasteiger partial charge in [-0.3, -0.25) is 0 Å². The van der Waals surface area contributed by atoms with E-state index in [1.54, 1.807) is 7.11 Å². The van der Waals surface area contributed by atoms with Crippen molar-refractivity contribution in [2.75, 3.05) is 53.1 Å². The number of aliphatic carboxylic acids is 1. The lowest BCUT2D eigenvalue weighted by Gasteiger charge is -2.37. The van der Waals surface area contributed by atoms with Crippen molar-refractivity contribution >= 4 is 5.97 Å². The molecule has 0 bridgehead atoms. The van der Waals surface area contributed by atoms with Gasteiger partial charge in [-0.15, -0.1) is 0 Å². The van der Waals surface area contributed by atoms with Gasteiger partial charge in [0.15, 0.2) is 0 Å².